The molecular formula is C15H16N2. The molecule has 0 aliphatic heterocycles. The molecule has 0 spiro atoms. The Morgan fingerprint density at radius 2 is 2.00 bits per heavy atom. The first-order chi connectivity index (χ1) is 8.38. The van der Waals surface area contributed by atoms with Crippen molar-refractivity contribution in [3.8, 4) is 0 Å². The standard InChI is InChI=1S/C15H16N2/c1-2-16-15(11-7-8-11)14-9-12-5-3-4-6-13(12)10-17-14/h3-6,9-10,16H,2,7-8H2,1H3. The van der Waals surface area contributed by atoms with Gasteiger partial charge in [0.2, 0.25) is 0 Å². The van der Waals surface area contributed by atoms with Crippen LogP contribution in [-0.4, -0.2) is 11.5 Å². The molecule has 17 heavy (non-hydrogen) atoms. The Hall–Kier alpha value is -1.83. The van der Waals surface area contributed by atoms with Gasteiger partial charge in [0.1, 0.15) is 0 Å². The number of allylic oxidation sites excluding steroid dienone is 1. The second-order valence-corrected chi connectivity index (χ2v) is 4.43. The molecule has 2 aromatic rings. The average Bonchev–Trinajstić information content (AvgIpc) is 3.20. The van der Waals surface area contributed by atoms with Gasteiger partial charge in [-0.2, -0.15) is 0 Å². The third-order valence-corrected chi connectivity index (χ3v) is 3.09. The molecule has 0 atom stereocenters. The van der Waals surface area contributed by atoms with E-state index in [1.807, 2.05) is 12.3 Å². The maximum Gasteiger partial charge on any atom is 0.0866 e. The van der Waals surface area contributed by atoms with E-state index in [0.717, 1.165) is 12.2 Å². The zero-order valence-corrected chi connectivity index (χ0v) is 10.0. The molecule has 0 amide bonds. The van der Waals surface area contributed by atoms with E-state index in [9.17, 15) is 0 Å². The van der Waals surface area contributed by atoms with Gasteiger partial charge >= 0.3 is 0 Å². The number of nitrogens with zero attached hydrogens (tertiary/aromatic N) is 1. The highest BCUT2D eigenvalue weighted by Crippen LogP contribution is 2.34. The zero-order valence-electron chi connectivity index (χ0n) is 10.0. The van der Waals surface area contributed by atoms with E-state index in [1.165, 1.54) is 34.9 Å². The summed E-state index contributed by atoms with van der Waals surface area (Å²) in [6, 6.07) is 10.5. The van der Waals surface area contributed by atoms with Gasteiger partial charge in [0, 0.05) is 18.1 Å². The van der Waals surface area contributed by atoms with Crippen LogP contribution in [0, 0.1) is 0 Å². The number of fused-ring (bicyclic) bond motifs is 1. The van der Waals surface area contributed by atoms with Crippen LogP contribution in [0.4, 0.5) is 0 Å². The van der Waals surface area contributed by atoms with Crippen LogP contribution in [-0.2, 0) is 0 Å². The van der Waals surface area contributed by atoms with Crippen LogP contribution < -0.4 is 5.32 Å². The zero-order chi connectivity index (χ0) is 11.7. The summed E-state index contributed by atoms with van der Waals surface area (Å²) in [5.74, 6) is 0. The van der Waals surface area contributed by atoms with Crippen molar-refractivity contribution < 1.29 is 0 Å². The van der Waals surface area contributed by atoms with Crippen molar-refractivity contribution in [2.45, 2.75) is 19.8 Å². The summed E-state index contributed by atoms with van der Waals surface area (Å²) in [5, 5.41) is 5.90. The minimum absolute atomic E-state index is 0.952. The van der Waals surface area contributed by atoms with Gasteiger partial charge in [0.25, 0.3) is 0 Å². The third kappa shape index (κ3) is 2.03. The largest absolute Gasteiger partial charge is 0.384 e. The molecule has 1 aromatic carbocycles. The molecule has 3 rings (SSSR count). The van der Waals surface area contributed by atoms with E-state index in [4.69, 9.17) is 0 Å². The van der Waals surface area contributed by atoms with Gasteiger partial charge in [-0.25, -0.2) is 0 Å². The van der Waals surface area contributed by atoms with Crippen LogP contribution in [0.1, 0.15) is 25.5 Å². The molecule has 1 aliphatic carbocycles. The molecule has 1 aliphatic rings. The second-order valence-electron chi connectivity index (χ2n) is 4.43. The number of nitrogens with one attached hydrogen (secondary N) is 1. The van der Waals surface area contributed by atoms with Gasteiger partial charge in [0.15, 0.2) is 0 Å². The summed E-state index contributed by atoms with van der Waals surface area (Å²) in [6.07, 6.45) is 4.40. The van der Waals surface area contributed by atoms with Crippen LogP contribution in [0.25, 0.3) is 16.5 Å². The molecule has 2 nitrogen and oxygen atoms in total. The average molecular weight is 224 g/mol. The molecular weight excluding hydrogens is 208 g/mol. The summed E-state index contributed by atoms with van der Waals surface area (Å²) in [6.45, 7) is 3.08. The molecule has 1 heterocycles. The normalized spacial score (nSPS) is 13.8. The molecule has 1 N–H and O–H groups in total. The number of pyridine rings is 1. The lowest BCUT2D eigenvalue weighted by Gasteiger charge is -2.09. The van der Waals surface area contributed by atoms with Gasteiger partial charge < -0.3 is 5.32 Å². The molecule has 1 saturated carbocycles. The number of aromatic nitrogens is 1. The fourth-order valence-electron chi connectivity index (χ4n) is 2.11. The van der Waals surface area contributed by atoms with Crippen molar-refractivity contribution >= 4 is 16.5 Å². The first-order valence-electron chi connectivity index (χ1n) is 6.19. The molecule has 0 radical (unpaired) electrons. The fourth-order valence-corrected chi connectivity index (χ4v) is 2.11. The van der Waals surface area contributed by atoms with Crippen LogP contribution in [0.2, 0.25) is 0 Å². The quantitative estimate of drug-likeness (QED) is 0.864. The van der Waals surface area contributed by atoms with Crippen LogP contribution in [0.15, 0.2) is 42.1 Å². The van der Waals surface area contributed by atoms with Crippen molar-refractivity contribution in [3.05, 3.63) is 47.8 Å². The van der Waals surface area contributed by atoms with Crippen LogP contribution >= 0.6 is 0 Å². The third-order valence-electron chi connectivity index (χ3n) is 3.09. The van der Waals surface area contributed by atoms with Crippen molar-refractivity contribution in [2.24, 2.45) is 0 Å². The van der Waals surface area contributed by atoms with E-state index >= 15 is 0 Å². The molecule has 1 aromatic heterocycles. The lowest BCUT2D eigenvalue weighted by atomic mass is 10.1. The second kappa shape index (κ2) is 4.21. The number of hydrogen-bond donors (Lipinski definition) is 1. The SMILES string of the molecule is CCNC(=C1CC1)c1cc2ccccc2cn1. The van der Waals surface area contributed by atoms with Crippen molar-refractivity contribution in [2.75, 3.05) is 6.54 Å². The topological polar surface area (TPSA) is 24.9 Å². The van der Waals surface area contributed by atoms with Crippen molar-refractivity contribution in [3.63, 3.8) is 0 Å². The maximum absolute atomic E-state index is 4.57. The summed E-state index contributed by atoms with van der Waals surface area (Å²) in [7, 11) is 0. The van der Waals surface area contributed by atoms with Gasteiger partial charge in [-0.05, 0) is 36.8 Å². The Labute approximate surface area is 101 Å². The van der Waals surface area contributed by atoms with E-state index in [-0.39, 0.29) is 0 Å². The molecule has 0 bridgehead atoms. The van der Waals surface area contributed by atoms with Gasteiger partial charge in [-0.3, -0.25) is 4.98 Å². The van der Waals surface area contributed by atoms with E-state index in [1.54, 1.807) is 0 Å². The first-order valence-corrected chi connectivity index (χ1v) is 6.19. The van der Waals surface area contributed by atoms with Crippen molar-refractivity contribution in [1.82, 2.24) is 10.3 Å². The predicted molar refractivity (Wildman–Crippen MR) is 71.6 cm³/mol. The number of rotatable bonds is 3. The van der Waals surface area contributed by atoms with E-state index in [2.05, 4.69) is 41.5 Å². The maximum atomic E-state index is 4.57. The Kier molecular flexibility index (Phi) is 2.56. The summed E-state index contributed by atoms with van der Waals surface area (Å²) in [5.41, 5.74) is 3.84. The fraction of sp³-hybridized carbons (Fsp3) is 0.267. The van der Waals surface area contributed by atoms with Gasteiger partial charge in [-0.1, -0.05) is 24.3 Å². The molecule has 1 fully saturated rings. The summed E-state index contributed by atoms with van der Waals surface area (Å²) in [4.78, 5) is 4.57. The lowest BCUT2D eigenvalue weighted by molar-refractivity contribution is 0.928. The first kappa shape index (κ1) is 10.3. The Bertz CT molecular complexity index is 578. The lowest BCUT2D eigenvalue weighted by Crippen LogP contribution is -2.12. The minimum atomic E-state index is 0.952. The van der Waals surface area contributed by atoms with Gasteiger partial charge in [-0.15, -0.1) is 0 Å². The summed E-state index contributed by atoms with van der Waals surface area (Å²) < 4.78 is 0. The summed E-state index contributed by atoms with van der Waals surface area (Å²) >= 11 is 0. The number of hydrogen-bond acceptors (Lipinski definition) is 2. The Morgan fingerprint density at radius 1 is 1.24 bits per heavy atom. The Balaban J connectivity index is 2.08. The predicted octanol–water partition coefficient (Wildman–Crippen LogP) is 3.35. The van der Waals surface area contributed by atoms with E-state index < -0.39 is 0 Å². The number of benzene rings is 1. The van der Waals surface area contributed by atoms with Gasteiger partial charge in [0.05, 0.1) is 11.4 Å². The Morgan fingerprint density at radius 3 is 2.71 bits per heavy atom. The molecule has 2 heteroatoms. The molecule has 0 unspecified atom stereocenters. The monoisotopic (exact) mass is 224 g/mol. The molecule has 0 saturated heterocycles. The highest BCUT2D eigenvalue weighted by atomic mass is 14.9. The van der Waals surface area contributed by atoms with E-state index in [0.29, 0.717) is 0 Å². The highest BCUT2D eigenvalue weighted by Gasteiger charge is 2.19. The highest BCUT2D eigenvalue weighted by molar-refractivity contribution is 5.84. The molecule has 86 valence electrons. The van der Waals surface area contributed by atoms with Crippen LogP contribution in [0.5, 0.6) is 0 Å². The van der Waals surface area contributed by atoms with Crippen LogP contribution in [0.3, 0.4) is 0 Å². The minimum Gasteiger partial charge on any atom is -0.384 e. The smallest absolute Gasteiger partial charge is 0.0866 e. The van der Waals surface area contributed by atoms with Crippen molar-refractivity contribution in [1.29, 1.82) is 0 Å².